The van der Waals surface area contributed by atoms with E-state index in [-0.39, 0.29) is 23.3 Å². The summed E-state index contributed by atoms with van der Waals surface area (Å²) in [6, 6.07) is 8.58. The number of anilines is 1. The summed E-state index contributed by atoms with van der Waals surface area (Å²) in [5.41, 5.74) is 0.987. The maximum Gasteiger partial charge on any atom is 0.243 e. The average Bonchev–Trinajstić information content (AvgIpc) is 3.34. The Kier molecular flexibility index (Phi) is 7.50. The Hall–Kier alpha value is -4.30. The van der Waals surface area contributed by atoms with Gasteiger partial charge in [-0.15, -0.1) is 10.2 Å². The normalized spacial score (nSPS) is 13.0. The second-order valence-corrected chi connectivity index (χ2v) is 9.75. The molecule has 0 unspecified atom stereocenters. The molecule has 37 heavy (non-hydrogen) atoms. The zero-order valence-electron chi connectivity index (χ0n) is 20.4. The minimum Gasteiger partial charge on any atom is -0.494 e. The average molecular weight is 528 g/mol. The number of benzene rings is 1. The van der Waals surface area contributed by atoms with Crippen LogP contribution in [-0.2, 0) is 10.0 Å². The molecule has 0 aliphatic carbocycles. The third-order valence-corrected chi connectivity index (χ3v) is 7.24. The third kappa shape index (κ3) is 5.15. The molecule has 0 aliphatic heterocycles. The van der Waals surface area contributed by atoms with E-state index in [4.69, 9.17) is 14.2 Å². The Morgan fingerprint density at radius 3 is 2.24 bits per heavy atom. The van der Waals surface area contributed by atoms with E-state index in [1.165, 1.54) is 45.2 Å². The second kappa shape index (κ2) is 10.8. The minimum atomic E-state index is -4.23. The van der Waals surface area contributed by atoms with Gasteiger partial charge in [0.15, 0.2) is 5.82 Å². The lowest BCUT2D eigenvalue weighted by atomic mass is 10.2. The molecule has 0 fully saturated rings. The van der Waals surface area contributed by atoms with E-state index in [9.17, 15) is 13.5 Å². The molecule has 0 radical (unpaired) electrons. The van der Waals surface area contributed by atoms with Gasteiger partial charge in [-0.2, -0.15) is 0 Å². The van der Waals surface area contributed by atoms with Crippen molar-refractivity contribution in [3.8, 4) is 34.5 Å². The molecule has 194 valence electrons. The van der Waals surface area contributed by atoms with Crippen molar-refractivity contribution in [3.05, 3.63) is 60.8 Å². The maximum atomic E-state index is 13.4. The molecule has 13 nitrogen and oxygen atoms in total. The number of para-hydroxylation sites is 1. The molecule has 4 rings (SSSR count). The molecule has 4 aromatic rings. The van der Waals surface area contributed by atoms with E-state index in [0.717, 1.165) is 0 Å². The van der Waals surface area contributed by atoms with Crippen LogP contribution in [0.5, 0.6) is 17.4 Å². The lowest BCUT2D eigenvalue weighted by molar-refractivity contribution is 0.170. The summed E-state index contributed by atoms with van der Waals surface area (Å²) < 4.78 is 46.7. The first-order valence-electron chi connectivity index (χ1n) is 10.9. The molecule has 0 saturated heterocycles. The molecule has 1 aromatic carbocycles. The molecule has 2 N–H and O–H groups in total. The van der Waals surface area contributed by atoms with Crippen LogP contribution in [0.4, 0.5) is 5.95 Å². The summed E-state index contributed by atoms with van der Waals surface area (Å²) in [5.74, 6) is 1.12. The quantitative estimate of drug-likeness (QED) is 0.310. The largest absolute Gasteiger partial charge is 0.494 e. The predicted molar refractivity (Wildman–Crippen MR) is 133 cm³/mol. The molecular formula is C23H25N7O6S. The van der Waals surface area contributed by atoms with Crippen molar-refractivity contribution in [2.24, 2.45) is 0 Å². The van der Waals surface area contributed by atoms with Crippen LogP contribution in [0.25, 0.3) is 17.1 Å². The van der Waals surface area contributed by atoms with Crippen molar-refractivity contribution in [1.82, 2.24) is 29.7 Å². The highest BCUT2D eigenvalue weighted by Gasteiger charge is 2.33. The van der Waals surface area contributed by atoms with Crippen LogP contribution in [-0.4, -0.2) is 69.8 Å². The van der Waals surface area contributed by atoms with Gasteiger partial charge in [0.05, 0.1) is 39.4 Å². The number of aromatic nitrogens is 6. The fourth-order valence-electron chi connectivity index (χ4n) is 3.51. The van der Waals surface area contributed by atoms with Gasteiger partial charge in [-0.25, -0.2) is 13.4 Å². The van der Waals surface area contributed by atoms with Crippen molar-refractivity contribution in [2.45, 2.75) is 18.3 Å². The van der Waals surface area contributed by atoms with Crippen LogP contribution in [0.15, 0.2) is 55.1 Å². The van der Waals surface area contributed by atoms with Gasteiger partial charge in [-0.05, 0) is 31.2 Å². The lowest BCUT2D eigenvalue weighted by Crippen LogP contribution is -2.32. The molecule has 0 aliphatic rings. The molecule has 0 saturated carbocycles. The Morgan fingerprint density at radius 2 is 1.68 bits per heavy atom. The van der Waals surface area contributed by atoms with E-state index in [1.54, 1.807) is 42.7 Å². The van der Waals surface area contributed by atoms with Gasteiger partial charge in [0, 0.05) is 18.0 Å². The van der Waals surface area contributed by atoms with Crippen molar-refractivity contribution in [3.63, 3.8) is 0 Å². The molecular weight excluding hydrogens is 502 g/mol. The standard InChI is InChI=1S/C23H25N7O6S/c1-14(21(31)16-12-26-19(36-4)13-25-16)37(32,33)29-23-28-27-22(15-7-6-10-24-11-15)30(23)20-17(34-2)8-5-9-18(20)35-3/h5-14,21,31H,1-4H3,(H,28,29)/t14-,21+/m0/s1. The fourth-order valence-corrected chi connectivity index (χ4v) is 4.56. The first-order chi connectivity index (χ1) is 17.8. The predicted octanol–water partition coefficient (Wildman–Crippen LogP) is 2.01. The number of aliphatic hydroxyl groups is 1. The number of hydrogen-bond donors (Lipinski definition) is 2. The molecule has 3 heterocycles. The fraction of sp³-hybridized carbons (Fsp3) is 0.261. The molecule has 0 spiro atoms. The number of methoxy groups -OCH3 is 3. The smallest absolute Gasteiger partial charge is 0.243 e. The number of hydrogen-bond acceptors (Lipinski definition) is 11. The molecule has 2 atom stereocenters. The summed E-state index contributed by atoms with van der Waals surface area (Å²) in [6.45, 7) is 1.34. The Bertz CT molecular complexity index is 1440. The molecule has 3 aromatic heterocycles. The van der Waals surface area contributed by atoms with Crippen molar-refractivity contribution >= 4 is 16.0 Å². The minimum absolute atomic E-state index is 0.0580. The summed E-state index contributed by atoms with van der Waals surface area (Å²) in [6.07, 6.45) is 4.21. The maximum absolute atomic E-state index is 13.4. The Morgan fingerprint density at radius 1 is 0.946 bits per heavy atom. The number of rotatable bonds is 10. The molecule has 0 amide bonds. The van der Waals surface area contributed by atoms with E-state index in [2.05, 4.69) is 29.9 Å². The monoisotopic (exact) mass is 527 g/mol. The van der Waals surface area contributed by atoms with E-state index in [0.29, 0.717) is 22.7 Å². The Labute approximate surface area is 213 Å². The van der Waals surface area contributed by atoms with Gasteiger partial charge < -0.3 is 19.3 Å². The van der Waals surface area contributed by atoms with Crippen LogP contribution in [0.2, 0.25) is 0 Å². The van der Waals surface area contributed by atoms with Gasteiger partial charge >= 0.3 is 0 Å². The number of nitrogens with zero attached hydrogens (tertiary/aromatic N) is 6. The van der Waals surface area contributed by atoms with Crippen LogP contribution in [0.1, 0.15) is 18.7 Å². The van der Waals surface area contributed by atoms with Gasteiger partial charge in [0.2, 0.25) is 21.9 Å². The number of nitrogens with one attached hydrogen (secondary N) is 1. The van der Waals surface area contributed by atoms with Gasteiger partial charge in [0.1, 0.15) is 28.5 Å². The lowest BCUT2D eigenvalue weighted by Gasteiger charge is -2.21. The highest BCUT2D eigenvalue weighted by atomic mass is 32.2. The molecule has 0 bridgehead atoms. The zero-order valence-corrected chi connectivity index (χ0v) is 21.2. The SMILES string of the molecule is COc1cnc([C@H](O)[C@H](C)S(=O)(=O)Nc2nnc(-c3cccnc3)n2-c2c(OC)cccc2OC)cn1. The summed E-state index contributed by atoms with van der Waals surface area (Å²) in [7, 11) is 0.139. The van der Waals surface area contributed by atoms with Crippen LogP contribution >= 0.6 is 0 Å². The second-order valence-electron chi connectivity index (χ2n) is 7.72. The van der Waals surface area contributed by atoms with Crippen LogP contribution in [0, 0.1) is 0 Å². The van der Waals surface area contributed by atoms with E-state index >= 15 is 0 Å². The van der Waals surface area contributed by atoms with Crippen molar-refractivity contribution < 1.29 is 27.7 Å². The topological polar surface area (TPSA) is 163 Å². The summed E-state index contributed by atoms with van der Waals surface area (Å²) in [4.78, 5) is 12.1. The first-order valence-corrected chi connectivity index (χ1v) is 12.5. The Balaban J connectivity index is 1.79. The number of sulfonamides is 1. The summed E-state index contributed by atoms with van der Waals surface area (Å²) in [5, 5.41) is 17.7. The van der Waals surface area contributed by atoms with Crippen molar-refractivity contribution in [2.75, 3.05) is 26.1 Å². The highest BCUT2D eigenvalue weighted by Crippen LogP contribution is 2.37. The number of ether oxygens (including phenoxy) is 3. The highest BCUT2D eigenvalue weighted by molar-refractivity contribution is 7.93. The number of aliphatic hydroxyl groups excluding tert-OH is 1. The van der Waals surface area contributed by atoms with Gasteiger partial charge in [-0.3, -0.25) is 19.3 Å². The first kappa shape index (κ1) is 25.8. The third-order valence-electron chi connectivity index (χ3n) is 5.54. The zero-order chi connectivity index (χ0) is 26.6. The molecule has 14 heteroatoms. The summed E-state index contributed by atoms with van der Waals surface area (Å²) >= 11 is 0. The van der Waals surface area contributed by atoms with Crippen LogP contribution in [0.3, 0.4) is 0 Å². The van der Waals surface area contributed by atoms with Gasteiger partial charge in [0.25, 0.3) is 0 Å². The van der Waals surface area contributed by atoms with E-state index < -0.39 is 21.4 Å². The van der Waals surface area contributed by atoms with E-state index in [1.807, 2.05) is 0 Å². The number of pyridine rings is 1. The van der Waals surface area contributed by atoms with Crippen LogP contribution < -0.4 is 18.9 Å². The van der Waals surface area contributed by atoms with Crippen molar-refractivity contribution in [1.29, 1.82) is 0 Å². The van der Waals surface area contributed by atoms with Gasteiger partial charge in [-0.1, -0.05) is 6.07 Å².